The lowest BCUT2D eigenvalue weighted by Gasteiger charge is -2.27. The zero-order chi connectivity index (χ0) is 18.1. The SMILES string of the molecule is CC(C(=O)c1ccccc1C(C)(C)C)c1ccccc1C(C)(C)C. The number of benzene rings is 2. The first-order chi connectivity index (χ1) is 11.0. The third-order valence-electron chi connectivity index (χ3n) is 4.63. The molecule has 1 nitrogen and oxygen atoms in total. The third-order valence-corrected chi connectivity index (χ3v) is 4.63. The summed E-state index contributed by atoms with van der Waals surface area (Å²) in [5, 5.41) is 0. The maximum atomic E-state index is 13.3. The number of rotatable bonds is 3. The van der Waals surface area contributed by atoms with Crippen molar-refractivity contribution in [3.8, 4) is 0 Å². The van der Waals surface area contributed by atoms with E-state index in [9.17, 15) is 4.79 Å². The van der Waals surface area contributed by atoms with Crippen molar-refractivity contribution >= 4 is 5.78 Å². The minimum Gasteiger partial charge on any atom is -0.293 e. The zero-order valence-corrected chi connectivity index (χ0v) is 16.1. The van der Waals surface area contributed by atoms with Gasteiger partial charge in [0.25, 0.3) is 0 Å². The van der Waals surface area contributed by atoms with Crippen LogP contribution < -0.4 is 0 Å². The fraction of sp³-hybridized carbons (Fsp3) is 0.435. The molecule has 0 saturated carbocycles. The minimum atomic E-state index is -0.149. The van der Waals surface area contributed by atoms with Crippen molar-refractivity contribution in [2.75, 3.05) is 0 Å². The first-order valence-corrected chi connectivity index (χ1v) is 8.76. The monoisotopic (exact) mass is 322 g/mol. The summed E-state index contributed by atoms with van der Waals surface area (Å²) in [5.74, 6) is 0.0566. The molecule has 1 atom stereocenters. The van der Waals surface area contributed by atoms with Crippen molar-refractivity contribution in [2.24, 2.45) is 0 Å². The normalized spacial score (nSPS) is 13.6. The number of hydrogen-bond donors (Lipinski definition) is 0. The second-order valence-electron chi connectivity index (χ2n) is 8.72. The van der Waals surface area contributed by atoms with E-state index in [1.54, 1.807) is 0 Å². The zero-order valence-electron chi connectivity index (χ0n) is 16.1. The van der Waals surface area contributed by atoms with Gasteiger partial charge in [-0.1, -0.05) is 97.0 Å². The molecule has 2 aromatic rings. The lowest BCUT2D eigenvalue weighted by Crippen LogP contribution is -2.22. The highest BCUT2D eigenvalue weighted by Gasteiger charge is 2.28. The van der Waals surface area contributed by atoms with Gasteiger partial charge >= 0.3 is 0 Å². The number of ketones is 1. The second-order valence-corrected chi connectivity index (χ2v) is 8.72. The Morgan fingerprint density at radius 2 is 1.21 bits per heavy atom. The maximum Gasteiger partial charge on any atom is 0.170 e. The summed E-state index contributed by atoms with van der Waals surface area (Å²) in [6, 6.07) is 16.4. The maximum absolute atomic E-state index is 13.3. The van der Waals surface area contributed by atoms with Gasteiger partial charge in [0.2, 0.25) is 0 Å². The van der Waals surface area contributed by atoms with Crippen molar-refractivity contribution in [3.05, 3.63) is 70.8 Å². The summed E-state index contributed by atoms with van der Waals surface area (Å²) >= 11 is 0. The van der Waals surface area contributed by atoms with Crippen molar-refractivity contribution in [1.29, 1.82) is 0 Å². The average Bonchev–Trinajstić information content (AvgIpc) is 2.52. The highest BCUT2D eigenvalue weighted by molar-refractivity contribution is 6.02. The van der Waals surface area contributed by atoms with Gasteiger partial charge in [-0.05, 0) is 27.5 Å². The summed E-state index contributed by atoms with van der Waals surface area (Å²) in [6.45, 7) is 15.1. The highest BCUT2D eigenvalue weighted by atomic mass is 16.1. The fourth-order valence-electron chi connectivity index (χ4n) is 3.28. The van der Waals surface area contributed by atoms with Gasteiger partial charge in [-0.15, -0.1) is 0 Å². The van der Waals surface area contributed by atoms with E-state index in [1.165, 1.54) is 5.56 Å². The van der Waals surface area contributed by atoms with E-state index >= 15 is 0 Å². The molecule has 2 aromatic carbocycles. The molecular formula is C23H30O. The second kappa shape index (κ2) is 6.55. The van der Waals surface area contributed by atoms with Crippen LogP contribution in [0.3, 0.4) is 0 Å². The van der Waals surface area contributed by atoms with Crippen LogP contribution in [0.4, 0.5) is 0 Å². The summed E-state index contributed by atoms with van der Waals surface area (Å²) < 4.78 is 0. The Balaban J connectivity index is 2.50. The van der Waals surface area contributed by atoms with Crippen LogP contribution in [0.25, 0.3) is 0 Å². The van der Waals surface area contributed by atoms with Crippen LogP contribution in [0.5, 0.6) is 0 Å². The van der Waals surface area contributed by atoms with E-state index in [2.05, 4.69) is 65.8 Å². The largest absolute Gasteiger partial charge is 0.293 e. The van der Waals surface area contributed by atoms with Crippen LogP contribution in [-0.4, -0.2) is 5.78 Å². The first kappa shape index (κ1) is 18.4. The van der Waals surface area contributed by atoms with Crippen LogP contribution in [-0.2, 0) is 10.8 Å². The van der Waals surface area contributed by atoms with Gasteiger partial charge in [0.15, 0.2) is 5.78 Å². The molecule has 0 aromatic heterocycles. The van der Waals surface area contributed by atoms with Crippen LogP contribution in [0.2, 0.25) is 0 Å². The molecule has 0 N–H and O–H groups in total. The molecule has 0 fully saturated rings. The van der Waals surface area contributed by atoms with E-state index in [4.69, 9.17) is 0 Å². The smallest absolute Gasteiger partial charge is 0.170 e. The molecule has 2 rings (SSSR count). The predicted octanol–water partition coefficient (Wildman–Crippen LogP) is 6.27. The predicted molar refractivity (Wildman–Crippen MR) is 103 cm³/mol. The van der Waals surface area contributed by atoms with Gasteiger partial charge < -0.3 is 0 Å². The molecule has 0 spiro atoms. The number of carbonyl (C=O) groups excluding carboxylic acids is 1. The van der Waals surface area contributed by atoms with Crippen molar-refractivity contribution < 1.29 is 4.79 Å². The molecule has 0 radical (unpaired) electrons. The molecule has 0 heterocycles. The van der Waals surface area contributed by atoms with Gasteiger partial charge in [-0.3, -0.25) is 4.79 Å². The Kier molecular flexibility index (Phi) is 5.03. The van der Waals surface area contributed by atoms with Gasteiger partial charge in [-0.2, -0.15) is 0 Å². The minimum absolute atomic E-state index is 0.0225. The molecule has 1 unspecified atom stereocenters. The van der Waals surface area contributed by atoms with Crippen molar-refractivity contribution in [3.63, 3.8) is 0 Å². The standard InChI is InChI=1S/C23H30O/c1-16(17-12-8-10-14-19(17)22(2,3)4)21(24)18-13-9-11-15-20(18)23(5,6)7/h8-16H,1-7H3. The van der Waals surface area contributed by atoms with Gasteiger partial charge in [0.1, 0.15) is 0 Å². The van der Waals surface area contributed by atoms with Crippen molar-refractivity contribution in [2.45, 2.75) is 65.2 Å². The van der Waals surface area contributed by atoms with E-state index in [-0.39, 0.29) is 22.5 Å². The van der Waals surface area contributed by atoms with Gasteiger partial charge in [-0.25, -0.2) is 0 Å². The number of Topliss-reactive ketones (excluding diaryl/α,β-unsaturated/α-hetero) is 1. The molecule has 0 bridgehead atoms. The molecule has 24 heavy (non-hydrogen) atoms. The van der Waals surface area contributed by atoms with Crippen molar-refractivity contribution in [1.82, 2.24) is 0 Å². The van der Waals surface area contributed by atoms with Gasteiger partial charge in [0, 0.05) is 11.5 Å². The number of hydrogen-bond acceptors (Lipinski definition) is 1. The quantitative estimate of drug-likeness (QED) is 0.609. The summed E-state index contributed by atoms with van der Waals surface area (Å²) in [7, 11) is 0. The van der Waals surface area contributed by atoms with E-state index < -0.39 is 0 Å². The number of carbonyl (C=O) groups is 1. The third kappa shape index (κ3) is 3.77. The highest BCUT2D eigenvalue weighted by Crippen LogP contribution is 2.34. The summed E-state index contributed by atoms with van der Waals surface area (Å²) in [6.07, 6.45) is 0. The van der Waals surface area contributed by atoms with E-state index in [0.29, 0.717) is 0 Å². The summed E-state index contributed by atoms with van der Waals surface area (Å²) in [5.41, 5.74) is 4.33. The fourth-order valence-corrected chi connectivity index (χ4v) is 3.28. The van der Waals surface area contributed by atoms with E-state index in [0.717, 1.165) is 16.7 Å². The Morgan fingerprint density at radius 1 is 0.750 bits per heavy atom. The Labute approximate surface area is 147 Å². The molecule has 1 heteroatoms. The molecular weight excluding hydrogens is 292 g/mol. The lowest BCUT2D eigenvalue weighted by atomic mass is 9.76. The first-order valence-electron chi connectivity index (χ1n) is 8.76. The average molecular weight is 322 g/mol. The molecule has 0 aliphatic carbocycles. The van der Waals surface area contributed by atoms with Crippen LogP contribution in [0, 0.1) is 0 Å². The molecule has 0 saturated heterocycles. The molecule has 0 amide bonds. The Hall–Kier alpha value is -1.89. The van der Waals surface area contributed by atoms with E-state index in [1.807, 2.05) is 31.2 Å². The molecule has 128 valence electrons. The lowest BCUT2D eigenvalue weighted by molar-refractivity contribution is 0.0963. The topological polar surface area (TPSA) is 17.1 Å². The van der Waals surface area contributed by atoms with Gasteiger partial charge in [0.05, 0.1) is 0 Å². The Morgan fingerprint density at radius 3 is 1.75 bits per heavy atom. The summed E-state index contributed by atoms with van der Waals surface area (Å²) in [4.78, 5) is 13.3. The Bertz CT molecular complexity index is 726. The van der Waals surface area contributed by atoms with Crippen LogP contribution in [0.1, 0.15) is 81.4 Å². The van der Waals surface area contributed by atoms with Crippen LogP contribution in [0.15, 0.2) is 48.5 Å². The molecule has 0 aliphatic heterocycles. The molecule has 0 aliphatic rings. The van der Waals surface area contributed by atoms with Crippen LogP contribution >= 0.6 is 0 Å².